The van der Waals surface area contributed by atoms with Crippen LogP contribution in [0.3, 0.4) is 0 Å². The van der Waals surface area contributed by atoms with Crippen LogP contribution in [0.1, 0.15) is 11.6 Å². The molecule has 0 aliphatic carbocycles. The van der Waals surface area contributed by atoms with E-state index in [0.29, 0.717) is 0 Å². The largest absolute Gasteiger partial charge is 0.387 e. The summed E-state index contributed by atoms with van der Waals surface area (Å²) in [4.78, 5) is 26.8. The fourth-order valence-electron chi connectivity index (χ4n) is 4.82. The molecule has 0 saturated carbocycles. The van der Waals surface area contributed by atoms with Crippen molar-refractivity contribution in [3.8, 4) is 0 Å². The molecular weight excluding hydrogens is 641 g/mol. The number of nitrogens with zero attached hydrogens (tertiary/aromatic N) is 9. The van der Waals surface area contributed by atoms with E-state index in [9.17, 15) is 9.90 Å². The molecule has 4 aromatic heterocycles. The van der Waals surface area contributed by atoms with Crippen LogP contribution in [-0.4, -0.2) is 98.2 Å². The summed E-state index contributed by atoms with van der Waals surface area (Å²) >= 11 is 5.59. The number of alkyl halides is 1. The molecule has 2 bridgehead atoms. The van der Waals surface area contributed by atoms with Crippen LogP contribution in [0.4, 0.5) is 16.2 Å². The van der Waals surface area contributed by atoms with Crippen LogP contribution in [-0.2, 0) is 22.8 Å². The molecule has 7 heterocycles. The van der Waals surface area contributed by atoms with Crippen LogP contribution in [0, 0.1) is 5.92 Å². The predicted octanol–water partition coefficient (Wildman–Crippen LogP) is -0.188. The molecule has 24 heteroatoms. The molecule has 0 aromatic carbocycles. The number of halogens is 1. The summed E-state index contributed by atoms with van der Waals surface area (Å²) < 4.78 is 47.8. The molecule has 0 radical (unpaired) electrons. The molecule has 42 heavy (non-hydrogen) atoms. The summed E-state index contributed by atoms with van der Waals surface area (Å²) in [7, 11) is -2.52. The summed E-state index contributed by atoms with van der Waals surface area (Å²) in [5, 5.41) is 26.2. The Morgan fingerprint density at radius 1 is 1.19 bits per heavy atom. The minimum atomic E-state index is -1.95. The summed E-state index contributed by atoms with van der Waals surface area (Å²) in [6, 6.07) is 0. The van der Waals surface area contributed by atoms with Gasteiger partial charge in [0.1, 0.15) is 29.3 Å². The van der Waals surface area contributed by atoms with Crippen molar-refractivity contribution in [2.24, 2.45) is 5.92 Å². The van der Waals surface area contributed by atoms with Gasteiger partial charge in [-0.25, -0.2) is 19.0 Å². The van der Waals surface area contributed by atoms with Crippen LogP contribution in [0.5, 0.6) is 0 Å². The summed E-state index contributed by atoms with van der Waals surface area (Å²) in [6.07, 6.45) is -4.55. The van der Waals surface area contributed by atoms with Crippen molar-refractivity contribution in [3.05, 3.63) is 16.7 Å². The highest BCUT2D eigenvalue weighted by Crippen LogP contribution is 2.54. The second-order valence-corrected chi connectivity index (χ2v) is 13.1. The molecule has 3 aliphatic rings. The Kier molecular flexibility index (Phi) is 7.62. The van der Waals surface area contributed by atoms with E-state index in [1.807, 2.05) is 0 Å². The number of nitrogens with one attached hydrogen (secondary N) is 1. The van der Waals surface area contributed by atoms with Crippen molar-refractivity contribution in [1.82, 2.24) is 49.9 Å². The Bertz CT molecular complexity index is 1680. The first-order valence-corrected chi connectivity index (χ1v) is 16.3. The quantitative estimate of drug-likeness (QED) is 0.138. The Morgan fingerprint density at radius 2 is 2.00 bits per heavy atom. The number of anilines is 2. The lowest BCUT2D eigenvalue weighted by atomic mass is 10.0. The number of rotatable bonds is 2. The maximum atomic E-state index is 15.8. The number of aromatic amines is 1. The van der Waals surface area contributed by atoms with Crippen molar-refractivity contribution >= 4 is 74.7 Å². The van der Waals surface area contributed by atoms with Crippen LogP contribution in [0.25, 0.3) is 22.3 Å². The van der Waals surface area contributed by atoms with Gasteiger partial charge in [0.2, 0.25) is 13.5 Å². The van der Waals surface area contributed by atoms with Crippen LogP contribution in [0.2, 0.25) is 0 Å². The van der Waals surface area contributed by atoms with E-state index in [4.69, 9.17) is 34.3 Å². The second-order valence-electron chi connectivity index (χ2n) is 9.30. The zero-order valence-corrected chi connectivity index (χ0v) is 24.5. The predicted molar refractivity (Wildman–Crippen MR) is 149 cm³/mol. The third-order valence-electron chi connectivity index (χ3n) is 6.83. The van der Waals surface area contributed by atoms with E-state index >= 15 is 4.39 Å². The SMILES string of the molecule is Nc1nc2c(nnn2[C@@H]2SC3OPOC[C@H]4[C@H](F)[C@H](n5nnc6c(N)ncnc65)O[C@@H]4COP(S)O[C@@H]2[C@@H]3O)c(=O)[nH]1. The number of thiol groups is 1. The third kappa shape index (κ3) is 4.88. The van der Waals surface area contributed by atoms with E-state index in [1.165, 1.54) is 15.7 Å². The Labute approximate surface area is 245 Å². The number of hydrogen-bond donors (Lipinski definition) is 5. The number of nitrogens with two attached hydrogens (primary N) is 2. The number of thioether (sulfide) groups is 1. The van der Waals surface area contributed by atoms with Crippen molar-refractivity contribution in [3.63, 3.8) is 0 Å². The molecule has 3 fully saturated rings. The number of nitrogen functional groups attached to an aromatic ring is 2. The Balaban J connectivity index is 1.13. The summed E-state index contributed by atoms with van der Waals surface area (Å²) in [5.41, 5.74) is 10.6. The van der Waals surface area contributed by atoms with Crippen molar-refractivity contribution in [2.45, 2.75) is 41.5 Å². The van der Waals surface area contributed by atoms with E-state index in [0.717, 1.165) is 11.8 Å². The maximum absolute atomic E-state index is 15.8. The number of aromatic nitrogens is 10. The lowest BCUT2D eigenvalue weighted by Crippen LogP contribution is -2.33. The molecule has 3 unspecified atom stereocenters. The minimum absolute atomic E-state index is 0.0412. The molecule has 10 atom stereocenters. The molecular formula is C18H21FN12O7P2S2. The van der Waals surface area contributed by atoms with Crippen LogP contribution in [0.15, 0.2) is 11.1 Å². The van der Waals surface area contributed by atoms with Gasteiger partial charge in [-0.15, -0.1) is 10.2 Å². The first-order chi connectivity index (χ1) is 20.3. The molecule has 7 rings (SSSR count). The van der Waals surface area contributed by atoms with Crippen molar-refractivity contribution in [1.29, 1.82) is 0 Å². The van der Waals surface area contributed by atoms with E-state index in [-0.39, 0.29) is 47.3 Å². The van der Waals surface area contributed by atoms with Gasteiger partial charge in [-0.05, 0) is 0 Å². The minimum Gasteiger partial charge on any atom is -0.387 e. The van der Waals surface area contributed by atoms with Gasteiger partial charge in [0, 0.05) is 5.92 Å². The smallest absolute Gasteiger partial charge is 0.282 e. The van der Waals surface area contributed by atoms with Gasteiger partial charge < -0.3 is 39.4 Å². The van der Waals surface area contributed by atoms with Gasteiger partial charge in [0.05, 0.1) is 19.3 Å². The fourth-order valence-corrected chi connectivity index (χ4v) is 8.33. The van der Waals surface area contributed by atoms with Crippen LogP contribution < -0.4 is 17.0 Å². The Morgan fingerprint density at radius 3 is 2.86 bits per heavy atom. The van der Waals surface area contributed by atoms with Crippen molar-refractivity contribution < 1.29 is 32.3 Å². The van der Waals surface area contributed by atoms with Gasteiger partial charge >= 0.3 is 0 Å². The molecule has 224 valence electrons. The monoisotopic (exact) mass is 662 g/mol. The third-order valence-corrected chi connectivity index (χ3v) is 10.4. The van der Waals surface area contributed by atoms with Gasteiger partial charge in [-0.3, -0.25) is 9.78 Å². The van der Waals surface area contributed by atoms with Crippen molar-refractivity contribution in [2.75, 3.05) is 24.7 Å². The zero-order chi connectivity index (χ0) is 29.1. The maximum Gasteiger partial charge on any atom is 0.282 e. The van der Waals surface area contributed by atoms with Gasteiger partial charge in [-0.2, -0.15) is 9.67 Å². The molecule has 6 N–H and O–H groups in total. The van der Waals surface area contributed by atoms with Gasteiger partial charge in [0.15, 0.2) is 49.6 Å². The number of aliphatic hydroxyl groups is 1. The standard InChI is InChI=1S/C18H21FN12O7P2S2/c19-6-4-1-34-39-37-17-9(32)10(16(42-17)31-13-8(27-29-31)14(33)25-18(21)24-13)38-40(41)35-2-5(4)36-15(6)30-12-7(26-28-30)11(20)22-3-23-12/h3-6,9-10,15-17,32,39,41H,1-2H2,(H2,20,22,23)(H3,21,24,25,33)/t4-,5-,6+,9+,10-,15-,16-,17?,40?/m1/s1. The molecule has 19 nitrogen and oxygen atoms in total. The topological polar surface area (TPSA) is 251 Å². The zero-order valence-electron chi connectivity index (χ0n) is 20.9. The number of hydrogen-bond acceptors (Lipinski definition) is 18. The van der Waals surface area contributed by atoms with Crippen LogP contribution >= 0.6 is 40.6 Å². The normalized spacial score (nSPS) is 34.8. The molecule has 4 aromatic rings. The lowest BCUT2D eigenvalue weighted by molar-refractivity contribution is -0.0437. The highest BCUT2D eigenvalue weighted by molar-refractivity contribution is 8.41. The fraction of sp³-hybridized carbons (Fsp3) is 0.556. The molecule has 0 spiro atoms. The second kappa shape index (κ2) is 11.3. The Hall–Kier alpha value is -2.39. The number of H-pyrrole nitrogens is 1. The lowest BCUT2D eigenvalue weighted by Gasteiger charge is -2.25. The summed E-state index contributed by atoms with van der Waals surface area (Å²) in [6.45, 7) is -0.225. The number of ether oxygens (including phenoxy) is 1. The average molecular weight is 663 g/mol. The molecule has 3 aliphatic heterocycles. The van der Waals surface area contributed by atoms with E-state index in [2.05, 4.69) is 52.8 Å². The van der Waals surface area contributed by atoms with E-state index in [1.54, 1.807) is 0 Å². The van der Waals surface area contributed by atoms with Gasteiger partial charge in [0.25, 0.3) is 5.56 Å². The highest BCUT2D eigenvalue weighted by atomic mass is 32.7. The first-order valence-electron chi connectivity index (χ1n) is 12.2. The number of fused-ring (bicyclic) bond motifs is 5. The summed E-state index contributed by atoms with van der Waals surface area (Å²) in [5.74, 6) is -0.823. The van der Waals surface area contributed by atoms with Gasteiger partial charge in [-0.1, -0.05) is 34.4 Å². The number of aliphatic hydroxyl groups excluding tert-OH is 1. The molecule has 0 amide bonds. The molecule has 3 saturated heterocycles. The van der Waals surface area contributed by atoms with E-state index < -0.39 is 69.6 Å². The highest BCUT2D eigenvalue weighted by Gasteiger charge is 2.51. The average Bonchev–Trinajstić information content (AvgIpc) is 3.71. The first kappa shape index (κ1) is 28.4.